The van der Waals surface area contributed by atoms with Crippen molar-refractivity contribution in [3.05, 3.63) is 212 Å². The first-order valence-electron chi connectivity index (χ1n) is 18.4. The Morgan fingerprint density at radius 1 is 0.315 bits per heavy atom. The van der Waals surface area contributed by atoms with Crippen molar-refractivity contribution in [1.29, 1.82) is 0 Å². The van der Waals surface area contributed by atoms with Crippen LogP contribution in [0.15, 0.2) is 217 Å². The second-order valence-electron chi connectivity index (χ2n) is 13.7. The molecule has 0 spiro atoms. The molecule has 1 heterocycles. The minimum Gasteiger partial charge on any atom is -0.455 e. The van der Waals surface area contributed by atoms with Crippen molar-refractivity contribution in [3.63, 3.8) is 0 Å². The predicted molar refractivity (Wildman–Crippen MR) is 228 cm³/mol. The van der Waals surface area contributed by atoms with E-state index in [0.717, 1.165) is 66.6 Å². The van der Waals surface area contributed by atoms with Crippen LogP contribution in [0.2, 0.25) is 0 Å². The van der Waals surface area contributed by atoms with Gasteiger partial charge in [-0.05, 0) is 92.9 Å². The van der Waals surface area contributed by atoms with Gasteiger partial charge in [0.05, 0.1) is 5.69 Å². The summed E-state index contributed by atoms with van der Waals surface area (Å²) in [5.74, 6) is 0. The number of nitrogens with zero attached hydrogens (tertiary/aromatic N) is 1. The third kappa shape index (κ3) is 5.62. The number of furan rings is 1. The van der Waals surface area contributed by atoms with Crippen molar-refractivity contribution in [2.75, 3.05) is 4.90 Å². The predicted octanol–water partition coefficient (Wildman–Crippen LogP) is 14.9. The van der Waals surface area contributed by atoms with Crippen molar-refractivity contribution in [2.45, 2.75) is 0 Å². The zero-order chi connectivity index (χ0) is 35.8. The average molecular weight is 690 g/mol. The molecule has 54 heavy (non-hydrogen) atoms. The van der Waals surface area contributed by atoms with Crippen LogP contribution in [0.1, 0.15) is 0 Å². The van der Waals surface area contributed by atoms with Gasteiger partial charge in [0.2, 0.25) is 0 Å². The molecule has 2 heteroatoms. The van der Waals surface area contributed by atoms with Crippen LogP contribution in [0.4, 0.5) is 17.1 Å². The SMILES string of the molecule is c1ccc(-c2ccc(N(c3ccc(-c4ccccc4)cc3)c3ccccc3-c3cc4c(cc3-c3ccccc3)oc3c5ccccc5ccc43)cc2)cc1. The van der Waals surface area contributed by atoms with Crippen LogP contribution in [0, 0.1) is 0 Å². The van der Waals surface area contributed by atoms with Gasteiger partial charge < -0.3 is 9.32 Å². The first-order chi connectivity index (χ1) is 26.8. The number of para-hydroxylation sites is 1. The van der Waals surface area contributed by atoms with Crippen molar-refractivity contribution < 1.29 is 4.42 Å². The third-order valence-electron chi connectivity index (χ3n) is 10.5. The lowest BCUT2D eigenvalue weighted by atomic mass is 9.91. The number of anilines is 3. The van der Waals surface area contributed by atoms with Crippen molar-refractivity contribution >= 4 is 49.8 Å². The Bertz CT molecular complexity index is 2810. The van der Waals surface area contributed by atoms with Gasteiger partial charge in [-0.15, -0.1) is 0 Å². The van der Waals surface area contributed by atoms with Gasteiger partial charge in [0, 0.05) is 33.1 Å². The Kier molecular flexibility index (Phi) is 7.85. The van der Waals surface area contributed by atoms with E-state index in [1.54, 1.807) is 0 Å². The van der Waals surface area contributed by atoms with E-state index in [1.165, 1.54) is 27.6 Å². The second kappa shape index (κ2) is 13.4. The smallest absolute Gasteiger partial charge is 0.143 e. The van der Waals surface area contributed by atoms with Crippen molar-refractivity contribution in [3.8, 4) is 44.5 Å². The van der Waals surface area contributed by atoms with E-state index >= 15 is 0 Å². The van der Waals surface area contributed by atoms with Crippen LogP contribution in [0.3, 0.4) is 0 Å². The summed E-state index contributed by atoms with van der Waals surface area (Å²) in [5.41, 5.74) is 14.4. The monoisotopic (exact) mass is 689 g/mol. The molecule has 0 saturated heterocycles. The maximum atomic E-state index is 6.72. The molecule has 10 aromatic rings. The van der Waals surface area contributed by atoms with Gasteiger partial charge in [0.15, 0.2) is 0 Å². The lowest BCUT2D eigenvalue weighted by Gasteiger charge is -2.29. The van der Waals surface area contributed by atoms with E-state index in [4.69, 9.17) is 4.42 Å². The molecule has 1 aromatic heterocycles. The van der Waals surface area contributed by atoms with Gasteiger partial charge in [-0.25, -0.2) is 0 Å². The third-order valence-corrected chi connectivity index (χ3v) is 10.5. The number of fused-ring (bicyclic) bond motifs is 5. The van der Waals surface area contributed by atoms with Gasteiger partial charge in [-0.1, -0.05) is 164 Å². The molecule has 0 radical (unpaired) electrons. The summed E-state index contributed by atoms with van der Waals surface area (Å²) in [6, 6.07) is 75.9. The molecule has 0 fully saturated rings. The maximum absolute atomic E-state index is 6.72. The standard InChI is InChI=1S/C52H35NO/c1-4-14-36(15-5-1)38-24-29-42(30-25-38)53(43-31-26-39(27-32-43)37-16-6-2-7-17-37)50-23-13-12-22-45(50)48-34-49-46-33-28-41-20-10-11-21-44(41)52(46)54-51(49)35-47(48)40-18-8-3-9-19-40/h1-35H. The highest BCUT2D eigenvalue weighted by molar-refractivity contribution is 6.17. The van der Waals surface area contributed by atoms with Crippen LogP contribution in [0.25, 0.3) is 77.2 Å². The lowest BCUT2D eigenvalue weighted by Crippen LogP contribution is -2.11. The molecule has 0 N–H and O–H groups in total. The summed E-state index contributed by atoms with van der Waals surface area (Å²) in [4.78, 5) is 2.39. The number of rotatable bonds is 7. The fourth-order valence-corrected chi connectivity index (χ4v) is 7.82. The largest absolute Gasteiger partial charge is 0.455 e. The zero-order valence-corrected chi connectivity index (χ0v) is 29.6. The van der Waals surface area contributed by atoms with Crippen LogP contribution in [-0.2, 0) is 0 Å². The van der Waals surface area contributed by atoms with Gasteiger partial charge >= 0.3 is 0 Å². The minimum absolute atomic E-state index is 0.881. The molecule has 2 nitrogen and oxygen atoms in total. The van der Waals surface area contributed by atoms with Crippen LogP contribution < -0.4 is 4.90 Å². The van der Waals surface area contributed by atoms with E-state index in [2.05, 4.69) is 217 Å². The Balaban J connectivity index is 1.19. The van der Waals surface area contributed by atoms with E-state index < -0.39 is 0 Å². The van der Waals surface area contributed by atoms with Crippen LogP contribution in [-0.4, -0.2) is 0 Å². The van der Waals surface area contributed by atoms with Gasteiger partial charge in [0.1, 0.15) is 11.2 Å². The lowest BCUT2D eigenvalue weighted by molar-refractivity contribution is 0.673. The Labute approximate surface area is 314 Å². The summed E-state index contributed by atoms with van der Waals surface area (Å²) < 4.78 is 6.72. The second-order valence-corrected chi connectivity index (χ2v) is 13.7. The normalized spacial score (nSPS) is 11.3. The summed E-state index contributed by atoms with van der Waals surface area (Å²) in [5, 5.41) is 4.52. The molecule has 254 valence electrons. The van der Waals surface area contributed by atoms with Gasteiger partial charge in [-0.2, -0.15) is 0 Å². The number of benzene rings is 9. The van der Waals surface area contributed by atoms with E-state index in [9.17, 15) is 0 Å². The van der Waals surface area contributed by atoms with Gasteiger partial charge in [-0.3, -0.25) is 0 Å². The topological polar surface area (TPSA) is 16.4 Å². The summed E-state index contributed by atoms with van der Waals surface area (Å²) >= 11 is 0. The molecule has 0 atom stereocenters. The number of hydrogen-bond acceptors (Lipinski definition) is 2. The molecule has 9 aromatic carbocycles. The van der Waals surface area contributed by atoms with Crippen LogP contribution >= 0.6 is 0 Å². The van der Waals surface area contributed by atoms with E-state index in [0.29, 0.717) is 0 Å². The Morgan fingerprint density at radius 3 is 1.46 bits per heavy atom. The quantitative estimate of drug-likeness (QED) is 0.166. The molecular weight excluding hydrogens is 655 g/mol. The summed E-state index contributed by atoms with van der Waals surface area (Å²) in [6.45, 7) is 0. The minimum atomic E-state index is 0.881. The van der Waals surface area contributed by atoms with Gasteiger partial charge in [0.25, 0.3) is 0 Å². The van der Waals surface area contributed by atoms with E-state index in [1.807, 2.05) is 0 Å². The summed E-state index contributed by atoms with van der Waals surface area (Å²) in [7, 11) is 0. The molecule has 0 aliphatic rings. The molecule has 0 unspecified atom stereocenters. The Hall–Kier alpha value is -7.16. The molecule has 0 aliphatic carbocycles. The first-order valence-corrected chi connectivity index (χ1v) is 18.4. The first kappa shape index (κ1) is 31.6. The highest BCUT2D eigenvalue weighted by atomic mass is 16.3. The Morgan fingerprint density at radius 2 is 0.833 bits per heavy atom. The molecule has 10 rings (SSSR count). The maximum Gasteiger partial charge on any atom is 0.143 e. The van der Waals surface area contributed by atoms with Crippen molar-refractivity contribution in [2.24, 2.45) is 0 Å². The highest BCUT2D eigenvalue weighted by Gasteiger charge is 2.22. The van der Waals surface area contributed by atoms with Crippen LogP contribution in [0.5, 0.6) is 0 Å². The fraction of sp³-hybridized carbons (Fsp3) is 0. The highest BCUT2D eigenvalue weighted by Crippen LogP contribution is 2.47. The molecule has 0 amide bonds. The molecule has 0 aliphatic heterocycles. The molecular formula is C52H35NO. The zero-order valence-electron chi connectivity index (χ0n) is 29.6. The number of hydrogen-bond donors (Lipinski definition) is 0. The summed E-state index contributed by atoms with van der Waals surface area (Å²) in [6.07, 6.45) is 0. The fourth-order valence-electron chi connectivity index (χ4n) is 7.82. The molecule has 0 saturated carbocycles. The average Bonchev–Trinajstić information content (AvgIpc) is 3.63. The van der Waals surface area contributed by atoms with Crippen molar-refractivity contribution in [1.82, 2.24) is 0 Å². The van der Waals surface area contributed by atoms with E-state index in [-0.39, 0.29) is 0 Å². The molecule has 0 bridgehead atoms.